The van der Waals surface area contributed by atoms with Crippen molar-refractivity contribution in [1.29, 1.82) is 0 Å². The van der Waals surface area contributed by atoms with E-state index in [1.165, 1.54) is 7.05 Å². The number of nitrogens with one attached hydrogen (secondary N) is 2. The Morgan fingerprint density at radius 3 is 2.48 bits per heavy atom. The summed E-state index contributed by atoms with van der Waals surface area (Å²) in [7, 11) is 1.41. The van der Waals surface area contributed by atoms with Crippen LogP contribution in [0.4, 0.5) is 5.69 Å². The highest BCUT2D eigenvalue weighted by Gasteiger charge is 2.35. The number of hydrogen-bond donors (Lipinski definition) is 2. The maximum absolute atomic E-state index is 11.8. The number of benzene rings is 1. The molecule has 6 nitrogen and oxygen atoms in total. The van der Waals surface area contributed by atoms with Gasteiger partial charge in [-0.1, -0.05) is 29.3 Å². The van der Waals surface area contributed by atoms with Crippen molar-refractivity contribution in [2.75, 3.05) is 18.9 Å². The first-order valence-corrected chi connectivity index (χ1v) is 6.93. The molecule has 1 aliphatic heterocycles. The van der Waals surface area contributed by atoms with E-state index < -0.39 is 11.9 Å². The fourth-order valence-electron chi connectivity index (χ4n) is 1.93. The molecule has 1 atom stereocenters. The van der Waals surface area contributed by atoms with E-state index in [0.29, 0.717) is 15.7 Å². The molecule has 0 saturated carbocycles. The lowest BCUT2D eigenvalue weighted by molar-refractivity contribution is -0.137. The molecule has 0 radical (unpaired) electrons. The van der Waals surface area contributed by atoms with Crippen molar-refractivity contribution in [3.8, 4) is 0 Å². The summed E-state index contributed by atoms with van der Waals surface area (Å²) in [6.07, 6.45) is 0.0511. The summed E-state index contributed by atoms with van der Waals surface area (Å²) < 4.78 is 0. The monoisotopic (exact) mass is 329 g/mol. The van der Waals surface area contributed by atoms with Crippen LogP contribution in [-0.2, 0) is 14.4 Å². The smallest absolute Gasteiger partial charge is 0.246 e. The number of nitrogens with zero attached hydrogens (tertiary/aromatic N) is 1. The van der Waals surface area contributed by atoms with Crippen molar-refractivity contribution in [2.45, 2.75) is 12.5 Å². The van der Waals surface area contributed by atoms with Crippen LogP contribution in [0.2, 0.25) is 10.0 Å². The molecule has 3 amide bonds. The fourth-order valence-corrected chi connectivity index (χ4v) is 2.42. The number of imide groups is 1. The molecule has 2 N–H and O–H groups in total. The van der Waals surface area contributed by atoms with Crippen LogP contribution in [-0.4, -0.2) is 42.3 Å². The Kier molecular flexibility index (Phi) is 4.82. The van der Waals surface area contributed by atoms with Gasteiger partial charge in [0.05, 0.1) is 34.7 Å². The van der Waals surface area contributed by atoms with Crippen LogP contribution in [0.5, 0.6) is 0 Å². The van der Waals surface area contributed by atoms with Crippen LogP contribution < -0.4 is 10.6 Å². The average Bonchev–Trinajstić information content (AvgIpc) is 2.68. The Labute approximate surface area is 131 Å². The first kappa shape index (κ1) is 15.8. The van der Waals surface area contributed by atoms with Gasteiger partial charge in [-0.3, -0.25) is 24.6 Å². The van der Waals surface area contributed by atoms with E-state index in [1.807, 2.05) is 0 Å². The van der Waals surface area contributed by atoms with E-state index in [2.05, 4.69) is 10.6 Å². The maximum atomic E-state index is 11.8. The summed E-state index contributed by atoms with van der Waals surface area (Å²) in [6, 6.07) is 4.20. The molecule has 112 valence electrons. The van der Waals surface area contributed by atoms with Gasteiger partial charge in [0.25, 0.3) is 0 Å². The van der Waals surface area contributed by atoms with E-state index in [1.54, 1.807) is 18.2 Å². The molecule has 0 aromatic heterocycles. The second-order valence-electron chi connectivity index (χ2n) is 4.57. The van der Waals surface area contributed by atoms with E-state index in [4.69, 9.17) is 23.2 Å². The number of anilines is 1. The van der Waals surface area contributed by atoms with Gasteiger partial charge in [0.15, 0.2) is 0 Å². The van der Waals surface area contributed by atoms with E-state index in [-0.39, 0.29) is 24.8 Å². The number of halogens is 2. The van der Waals surface area contributed by atoms with Gasteiger partial charge in [-0.15, -0.1) is 0 Å². The molecule has 1 heterocycles. The minimum atomic E-state index is -0.671. The summed E-state index contributed by atoms with van der Waals surface area (Å²) in [6.45, 7) is -0.126. The van der Waals surface area contributed by atoms with Gasteiger partial charge in [-0.2, -0.15) is 0 Å². The summed E-state index contributed by atoms with van der Waals surface area (Å²) in [5.41, 5.74) is 0.318. The van der Waals surface area contributed by atoms with Crippen molar-refractivity contribution >= 4 is 46.6 Å². The average molecular weight is 330 g/mol. The highest BCUT2D eigenvalue weighted by molar-refractivity contribution is 6.39. The molecule has 1 aromatic rings. The van der Waals surface area contributed by atoms with Gasteiger partial charge in [-0.25, -0.2) is 0 Å². The van der Waals surface area contributed by atoms with Gasteiger partial charge >= 0.3 is 0 Å². The number of likely N-dealkylation sites (N-methyl/N-ethyl adjacent to an activating group) is 1. The number of carbonyl (C=O) groups excluding carboxylic acids is 3. The number of rotatable bonds is 4. The molecule has 1 saturated heterocycles. The molecule has 0 aliphatic carbocycles. The third kappa shape index (κ3) is 3.53. The number of amides is 3. The summed E-state index contributed by atoms with van der Waals surface area (Å²) >= 11 is 11.9. The van der Waals surface area contributed by atoms with Crippen molar-refractivity contribution in [2.24, 2.45) is 0 Å². The molecule has 1 fully saturated rings. The predicted molar refractivity (Wildman–Crippen MR) is 79.3 cm³/mol. The number of para-hydroxylation sites is 1. The summed E-state index contributed by atoms with van der Waals surface area (Å²) in [5.74, 6) is -1.02. The SMILES string of the molecule is CN1C(=O)CC(NCC(=O)Nc2c(Cl)cccc2Cl)C1=O. The molecular weight excluding hydrogens is 317 g/mol. The van der Waals surface area contributed by atoms with Gasteiger partial charge in [0.1, 0.15) is 0 Å². The van der Waals surface area contributed by atoms with Crippen molar-refractivity contribution < 1.29 is 14.4 Å². The topological polar surface area (TPSA) is 78.5 Å². The molecule has 0 bridgehead atoms. The lowest BCUT2D eigenvalue weighted by Gasteiger charge is -2.12. The van der Waals surface area contributed by atoms with Crippen LogP contribution in [0.15, 0.2) is 18.2 Å². The van der Waals surface area contributed by atoms with Crippen LogP contribution >= 0.6 is 23.2 Å². The lowest BCUT2D eigenvalue weighted by Crippen LogP contribution is -2.41. The number of carbonyl (C=O) groups is 3. The Hall–Kier alpha value is -1.63. The predicted octanol–water partition coefficient (Wildman–Crippen LogP) is 1.28. The number of hydrogen-bond acceptors (Lipinski definition) is 4. The standard InChI is InChI=1S/C13H13Cl2N3O3/c1-18-11(20)5-9(13(18)21)16-6-10(19)17-12-7(14)3-2-4-8(12)15/h2-4,9,16H,5-6H2,1H3,(H,17,19). The first-order chi connectivity index (χ1) is 9.90. The van der Waals surface area contributed by atoms with Gasteiger partial charge < -0.3 is 5.32 Å². The summed E-state index contributed by atoms with van der Waals surface area (Å²) in [4.78, 5) is 35.9. The number of likely N-dealkylation sites (tertiary alicyclic amines) is 1. The van der Waals surface area contributed by atoms with Gasteiger partial charge in [-0.05, 0) is 12.1 Å². The zero-order chi connectivity index (χ0) is 15.6. The maximum Gasteiger partial charge on any atom is 0.246 e. The second-order valence-corrected chi connectivity index (χ2v) is 5.39. The Morgan fingerprint density at radius 1 is 1.33 bits per heavy atom. The first-order valence-electron chi connectivity index (χ1n) is 6.18. The van der Waals surface area contributed by atoms with Crippen molar-refractivity contribution in [3.63, 3.8) is 0 Å². The quantitative estimate of drug-likeness (QED) is 0.815. The van der Waals surface area contributed by atoms with Gasteiger partial charge in [0, 0.05) is 7.05 Å². The van der Waals surface area contributed by atoms with E-state index >= 15 is 0 Å². The summed E-state index contributed by atoms with van der Waals surface area (Å²) in [5, 5.41) is 5.95. The molecule has 1 unspecified atom stereocenters. The third-order valence-electron chi connectivity index (χ3n) is 3.12. The molecule has 21 heavy (non-hydrogen) atoms. The van der Waals surface area contributed by atoms with Crippen LogP contribution in [0, 0.1) is 0 Å². The molecule has 1 aromatic carbocycles. The second kappa shape index (κ2) is 6.43. The zero-order valence-electron chi connectivity index (χ0n) is 11.2. The third-order valence-corrected chi connectivity index (χ3v) is 3.75. The molecular formula is C13H13Cl2N3O3. The van der Waals surface area contributed by atoms with Crippen molar-refractivity contribution in [3.05, 3.63) is 28.2 Å². The molecule has 0 spiro atoms. The Morgan fingerprint density at radius 2 is 1.95 bits per heavy atom. The fraction of sp³-hybridized carbons (Fsp3) is 0.308. The van der Waals surface area contributed by atoms with Crippen LogP contribution in [0.3, 0.4) is 0 Å². The minimum Gasteiger partial charge on any atom is -0.322 e. The largest absolute Gasteiger partial charge is 0.322 e. The van der Waals surface area contributed by atoms with E-state index in [0.717, 1.165) is 4.90 Å². The Bertz CT molecular complexity index is 586. The molecule has 8 heteroatoms. The zero-order valence-corrected chi connectivity index (χ0v) is 12.7. The lowest BCUT2D eigenvalue weighted by atomic mass is 10.2. The molecule has 2 rings (SSSR count). The van der Waals surface area contributed by atoms with E-state index in [9.17, 15) is 14.4 Å². The van der Waals surface area contributed by atoms with Gasteiger partial charge in [0.2, 0.25) is 17.7 Å². The molecule has 1 aliphatic rings. The van der Waals surface area contributed by atoms with Crippen molar-refractivity contribution in [1.82, 2.24) is 10.2 Å². The van der Waals surface area contributed by atoms with Crippen LogP contribution in [0.25, 0.3) is 0 Å². The normalized spacial score (nSPS) is 18.2. The Balaban J connectivity index is 1.92. The minimum absolute atomic E-state index is 0.0511. The van der Waals surface area contributed by atoms with Crippen LogP contribution in [0.1, 0.15) is 6.42 Å². The highest BCUT2D eigenvalue weighted by atomic mass is 35.5. The highest BCUT2D eigenvalue weighted by Crippen LogP contribution is 2.29.